The third-order valence-corrected chi connectivity index (χ3v) is 4.12. The Morgan fingerprint density at radius 1 is 1.36 bits per heavy atom. The number of rotatable bonds is 4. The molecule has 0 spiro atoms. The summed E-state index contributed by atoms with van der Waals surface area (Å²) in [5, 5.41) is 13.8. The third-order valence-electron chi connectivity index (χ3n) is 3.36. The molecule has 0 bridgehead atoms. The Morgan fingerprint density at radius 2 is 2.20 bits per heavy atom. The van der Waals surface area contributed by atoms with Gasteiger partial charge in [0.25, 0.3) is 5.91 Å². The van der Waals surface area contributed by atoms with Crippen molar-refractivity contribution in [1.82, 2.24) is 9.97 Å². The highest BCUT2D eigenvalue weighted by Gasteiger charge is 2.13. The molecule has 0 aliphatic rings. The molecule has 2 heterocycles. The summed E-state index contributed by atoms with van der Waals surface area (Å²) in [6.07, 6.45) is 1.64. The molecular weight excluding hydrogens is 340 g/mol. The molecule has 2 aromatic heterocycles. The minimum atomic E-state index is -0.465. The van der Waals surface area contributed by atoms with Gasteiger partial charge in [-0.2, -0.15) is 5.26 Å². The molecule has 3 aromatic rings. The number of ether oxygens (including phenoxy) is 1. The van der Waals surface area contributed by atoms with Crippen molar-refractivity contribution in [3.05, 3.63) is 58.7 Å². The highest BCUT2D eigenvalue weighted by Crippen LogP contribution is 2.26. The predicted molar refractivity (Wildman–Crippen MR) is 92.4 cm³/mol. The van der Waals surface area contributed by atoms with Crippen molar-refractivity contribution in [3.63, 3.8) is 0 Å². The monoisotopic (exact) mass is 352 g/mol. The minimum absolute atomic E-state index is 0.324. The smallest absolute Gasteiger partial charge is 0.354 e. The van der Waals surface area contributed by atoms with Gasteiger partial charge in [-0.1, -0.05) is 6.07 Å². The van der Waals surface area contributed by atoms with Crippen LogP contribution in [0.1, 0.15) is 26.4 Å². The van der Waals surface area contributed by atoms with E-state index in [1.54, 1.807) is 35.8 Å². The molecule has 0 radical (unpaired) electrons. The Hall–Kier alpha value is -3.44. The summed E-state index contributed by atoms with van der Waals surface area (Å²) in [7, 11) is 1.31. The second-order valence-electron chi connectivity index (χ2n) is 4.98. The zero-order chi connectivity index (χ0) is 17.8. The Bertz CT molecular complexity index is 984. The number of nitrogens with one attached hydrogen (secondary N) is 2. The van der Waals surface area contributed by atoms with E-state index in [1.807, 2.05) is 6.07 Å². The van der Waals surface area contributed by atoms with Crippen molar-refractivity contribution >= 4 is 28.3 Å². The van der Waals surface area contributed by atoms with Gasteiger partial charge in [0.15, 0.2) is 5.13 Å². The normalized spacial score (nSPS) is 10.1. The number of benzene rings is 1. The third kappa shape index (κ3) is 3.57. The van der Waals surface area contributed by atoms with Crippen LogP contribution in [0.4, 0.5) is 5.13 Å². The summed E-state index contributed by atoms with van der Waals surface area (Å²) in [6.45, 7) is 0. The minimum Gasteiger partial charge on any atom is -0.464 e. The van der Waals surface area contributed by atoms with Crippen molar-refractivity contribution in [2.45, 2.75) is 0 Å². The van der Waals surface area contributed by atoms with E-state index in [1.165, 1.54) is 24.5 Å². The summed E-state index contributed by atoms with van der Waals surface area (Å²) in [5.74, 6) is -0.810. The van der Waals surface area contributed by atoms with Gasteiger partial charge in [0.2, 0.25) is 0 Å². The Balaban J connectivity index is 1.75. The molecule has 3 rings (SSSR count). The van der Waals surface area contributed by atoms with Crippen LogP contribution < -0.4 is 5.32 Å². The number of nitrogens with zero attached hydrogens (tertiary/aromatic N) is 2. The van der Waals surface area contributed by atoms with Gasteiger partial charge in [-0.15, -0.1) is 11.3 Å². The fourth-order valence-corrected chi connectivity index (χ4v) is 2.85. The number of amides is 1. The Labute approximate surface area is 146 Å². The van der Waals surface area contributed by atoms with Gasteiger partial charge >= 0.3 is 5.97 Å². The fourth-order valence-electron chi connectivity index (χ4n) is 2.13. The first kappa shape index (κ1) is 16.4. The maximum Gasteiger partial charge on any atom is 0.354 e. The molecular formula is C17H12N4O3S. The first-order chi connectivity index (χ1) is 12.1. The number of aromatic nitrogens is 2. The van der Waals surface area contributed by atoms with Gasteiger partial charge in [0, 0.05) is 22.7 Å². The van der Waals surface area contributed by atoms with Crippen molar-refractivity contribution in [1.29, 1.82) is 5.26 Å². The lowest BCUT2D eigenvalue weighted by molar-refractivity contribution is 0.0594. The number of esters is 1. The zero-order valence-corrected chi connectivity index (χ0v) is 13.9. The van der Waals surface area contributed by atoms with Crippen LogP contribution in [-0.4, -0.2) is 29.0 Å². The largest absolute Gasteiger partial charge is 0.464 e. The average molecular weight is 352 g/mol. The second kappa shape index (κ2) is 6.98. The highest BCUT2D eigenvalue weighted by atomic mass is 32.1. The number of H-pyrrole nitrogens is 1. The molecule has 0 aliphatic carbocycles. The summed E-state index contributed by atoms with van der Waals surface area (Å²) in [5.41, 5.74) is 2.45. The van der Waals surface area contributed by atoms with E-state index in [2.05, 4.69) is 20.0 Å². The molecule has 2 N–H and O–H groups in total. The van der Waals surface area contributed by atoms with E-state index >= 15 is 0 Å². The van der Waals surface area contributed by atoms with E-state index < -0.39 is 5.97 Å². The molecule has 8 heteroatoms. The number of hydrogen-bond donors (Lipinski definition) is 2. The number of aromatic amines is 1. The molecule has 0 saturated carbocycles. The highest BCUT2D eigenvalue weighted by molar-refractivity contribution is 7.14. The quantitative estimate of drug-likeness (QED) is 0.702. The SMILES string of the molecule is COC(=O)c1cc(-c2csc(NC(=O)c3cccc(C#N)c3)n2)c[nH]1. The van der Waals surface area contributed by atoms with Crippen LogP contribution >= 0.6 is 11.3 Å². The van der Waals surface area contributed by atoms with Crippen LogP contribution in [0, 0.1) is 11.3 Å². The van der Waals surface area contributed by atoms with Crippen molar-refractivity contribution in [2.24, 2.45) is 0 Å². The van der Waals surface area contributed by atoms with Crippen LogP contribution in [0.3, 0.4) is 0 Å². The molecule has 124 valence electrons. The number of anilines is 1. The Kier molecular flexibility index (Phi) is 4.59. The second-order valence-corrected chi connectivity index (χ2v) is 5.84. The number of hydrogen-bond acceptors (Lipinski definition) is 6. The number of methoxy groups -OCH3 is 1. The van der Waals surface area contributed by atoms with E-state index in [-0.39, 0.29) is 5.91 Å². The first-order valence-corrected chi connectivity index (χ1v) is 8.03. The van der Waals surface area contributed by atoms with Crippen molar-refractivity contribution in [3.8, 4) is 17.3 Å². The Morgan fingerprint density at radius 3 is 2.96 bits per heavy atom. The summed E-state index contributed by atoms with van der Waals surface area (Å²) >= 11 is 1.26. The van der Waals surface area contributed by atoms with Crippen LogP contribution in [0.25, 0.3) is 11.3 Å². The number of carbonyl (C=O) groups is 2. The van der Waals surface area contributed by atoms with Crippen molar-refractivity contribution < 1.29 is 14.3 Å². The van der Waals surface area contributed by atoms with Crippen LogP contribution in [-0.2, 0) is 4.74 Å². The van der Waals surface area contributed by atoms with Gasteiger partial charge in [0.1, 0.15) is 5.69 Å². The van der Waals surface area contributed by atoms with Crippen LogP contribution in [0.5, 0.6) is 0 Å². The molecule has 0 unspecified atom stereocenters. The predicted octanol–water partition coefficient (Wildman–Crippen LogP) is 3.05. The van der Waals surface area contributed by atoms with E-state index in [0.717, 1.165) is 0 Å². The molecule has 1 amide bonds. The zero-order valence-electron chi connectivity index (χ0n) is 13.1. The summed E-state index contributed by atoms with van der Waals surface area (Å²) < 4.78 is 4.64. The number of carbonyl (C=O) groups excluding carboxylic acids is 2. The van der Waals surface area contributed by atoms with E-state index in [4.69, 9.17) is 5.26 Å². The molecule has 1 aromatic carbocycles. The van der Waals surface area contributed by atoms with Gasteiger partial charge in [0.05, 0.1) is 24.4 Å². The maximum absolute atomic E-state index is 12.2. The molecule has 25 heavy (non-hydrogen) atoms. The van der Waals surface area contributed by atoms with Crippen molar-refractivity contribution in [2.75, 3.05) is 12.4 Å². The average Bonchev–Trinajstić information content (AvgIpc) is 3.30. The van der Waals surface area contributed by atoms with Crippen LogP contribution in [0.2, 0.25) is 0 Å². The summed E-state index contributed by atoms with van der Waals surface area (Å²) in [6, 6.07) is 10.0. The van der Waals surface area contributed by atoms with Gasteiger partial charge < -0.3 is 9.72 Å². The fraction of sp³-hybridized carbons (Fsp3) is 0.0588. The lowest BCUT2D eigenvalue weighted by Crippen LogP contribution is -2.11. The standard InChI is InChI=1S/C17H12N4O3S/c1-24-16(23)13-6-12(8-19-13)14-9-25-17(20-14)21-15(22)11-4-2-3-10(5-11)7-18/h2-6,8-9,19H,1H3,(H,20,21,22). The molecule has 7 nitrogen and oxygen atoms in total. The molecule has 0 aliphatic heterocycles. The molecule has 0 saturated heterocycles. The van der Waals surface area contributed by atoms with E-state index in [9.17, 15) is 9.59 Å². The molecule has 0 fully saturated rings. The number of nitriles is 1. The topological polar surface area (TPSA) is 108 Å². The molecule has 0 atom stereocenters. The van der Waals surface area contributed by atoms with Gasteiger partial charge in [-0.3, -0.25) is 10.1 Å². The summed E-state index contributed by atoms with van der Waals surface area (Å²) in [4.78, 5) is 30.9. The lowest BCUT2D eigenvalue weighted by atomic mass is 10.1. The van der Waals surface area contributed by atoms with E-state index in [0.29, 0.717) is 33.2 Å². The van der Waals surface area contributed by atoms with Crippen LogP contribution in [0.15, 0.2) is 41.9 Å². The first-order valence-electron chi connectivity index (χ1n) is 7.15. The number of thiazole rings is 1. The lowest BCUT2D eigenvalue weighted by Gasteiger charge is -2.01. The van der Waals surface area contributed by atoms with Gasteiger partial charge in [-0.25, -0.2) is 9.78 Å². The van der Waals surface area contributed by atoms with Gasteiger partial charge in [-0.05, 0) is 24.3 Å². The maximum atomic E-state index is 12.2.